The SMILES string of the molecule is CCN1CCC[C@H](NC(=O)Nc2cc(C(F)(F)F)c[nH]c2=O)C1. The summed E-state index contributed by atoms with van der Waals surface area (Å²) in [5.74, 6) is 0. The van der Waals surface area contributed by atoms with Crippen LogP contribution in [0.25, 0.3) is 0 Å². The number of halogens is 3. The number of amides is 2. The molecule has 9 heteroatoms. The fraction of sp³-hybridized carbons (Fsp3) is 0.571. The summed E-state index contributed by atoms with van der Waals surface area (Å²) in [5, 5.41) is 4.88. The molecule has 2 rings (SSSR count). The third-order valence-corrected chi connectivity index (χ3v) is 3.77. The Labute approximate surface area is 131 Å². The number of nitrogens with one attached hydrogen (secondary N) is 3. The van der Waals surface area contributed by atoms with Crippen molar-refractivity contribution < 1.29 is 18.0 Å². The number of carbonyl (C=O) groups is 1. The van der Waals surface area contributed by atoms with Crippen LogP contribution in [0.4, 0.5) is 23.7 Å². The van der Waals surface area contributed by atoms with Crippen LogP contribution < -0.4 is 16.2 Å². The Kier molecular flexibility index (Phi) is 5.30. The van der Waals surface area contributed by atoms with Crippen molar-refractivity contribution in [3.63, 3.8) is 0 Å². The summed E-state index contributed by atoms with van der Waals surface area (Å²) in [6, 6.07) is -0.149. The van der Waals surface area contributed by atoms with E-state index in [1.165, 1.54) is 0 Å². The lowest BCUT2D eigenvalue weighted by molar-refractivity contribution is -0.137. The van der Waals surface area contributed by atoms with Gasteiger partial charge < -0.3 is 20.5 Å². The van der Waals surface area contributed by atoms with Gasteiger partial charge in [0, 0.05) is 18.8 Å². The molecule has 23 heavy (non-hydrogen) atoms. The number of piperidine rings is 1. The number of nitrogens with zero attached hydrogens (tertiary/aromatic N) is 1. The molecule has 0 bridgehead atoms. The predicted molar refractivity (Wildman–Crippen MR) is 79.4 cm³/mol. The lowest BCUT2D eigenvalue weighted by Gasteiger charge is -2.32. The van der Waals surface area contributed by atoms with Crippen molar-refractivity contribution >= 4 is 11.7 Å². The van der Waals surface area contributed by atoms with Gasteiger partial charge in [0.05, 0.1) is 5.56 Å². The maximum atomic E-state index is 12.6. The highest BCUT2D eigenvalue weighted by molar-refractivity contribution is 5.89. The molecule has 128 valence electrons. The number of likely N-dealkylation sites (tertiary alicyclic amines) is 1. The van der Waals surface area contributed by atoms with Gasteiger partial charge in [0.1, 0.15) is 5.69 Å². The number of urea groups is 1. The second kappa shape index (κ2) is 7.03. The summed E-state index contributed by atoms with van der Waals surface area (Å²) in [6.07, 6.45) is -2.29. The van der Waals surface area contributed by atoms with Crippen LogP contribution in [0.1, 0.15) is 25.3 Å². The van der Waals surface area contributed by atoms with Gasteiger partial charge in [0.25, 0.3) is 5.56 Å². The Morgan fingerprint density at radius 2 is 2.22 bits per heavy atom. The van der Waals surface area contributed by atoms with Gasteiger partial charge in [0.15, 0.2) is 0 Å². The van der Waals surface area contributed by atoms with Gasteiger partial charge >= 0.3 is 12.2 Å². The maximum Gasteiger partial charge on any atom is 0.417 e. The lowest BCUT2D eigenvalue weighted by Crippen LogP contribution is -2.49. The zero-order valence-corrected chi connectivity index (χ0v) is 12.7. The number of rotatable bonds is 3. The number of alkyl halides is 3. The Bertz CT molecular complexity index is 615. The quantitative estimate of drug-likeness (QED) is 0.792. The second-order valence-electron chi connectivity index (χ2n) is 5.46. The van der Waals surface area contributed by atoms with Crippen LogP contribution in [-0.4, -0.2) is 41.6 Å². The molecule has 1 aliphatic heterocycles. The second-order valence-corrected chi connectivity index (χ2v) is 5.46. The Balaban J connectivity index is 2.01. The molecule has 0 unspecified atom stereocenters. The molecule has 1 aliphatic rings. The molecule has 0 aliphatic carbocycles. The number of hydrogen-bond donors (Lipinski definition) is 3. The highest BCUT2D eigenvalue weighted by atomic mass is 19.4. The van der Waals surface area contributed by atoms with Crippen molar-refractivity contribution in [2.75, 3.05) is 25.0 Å². The van der Waals surface area contributed by atoms with Crippen molar-refractivity contribution in [2.24, 2.45) is 0 Å². The monoisotopic (exact) mass is 332 g/mol. The Morgan fingerprint density at radius 1 is 1.48 bits per heavy atom. The molecule has 1 saturated heterocycles. The fourth-order valence-electron chi connectivity index (χ4n) is 2.54. The molecule has 1 atom stereocenters. The smallest absolute Gasteiger partial charge is 0.334 e. The number of pyridine rings is 1. The minimum absolute atomic E-state index is 0.0893. The first-order chi connectivity index (χ1) is 10.8. The molecule has 0 spiro atoms. The number of aromatic nitrogens is 1. The van der Waals surface area contributed by atoms with Gasteiger partial charge in [-0.05, 0) is 32.0 Å². The van der Waals surface area contributed by atoms with Crippen LogP contribution in [0.5, 0.6) is 0 Å². The van der Waals surface area contributed by atoms with E-state index in [0.717, 1.165) is 25.9 Å². The summed E-state index contributed by atoms with van der Waals surface area (Å²) < 4.78 is 37.9. The van der Waals surface area contributed by atoms with Gasteiger partial charge in [-0.1, -0.05) is 6.92 Å². The third-order valence-electron chi connectivity index (χ3n) is 3.77. The largest absolute Gasteiger partial charge is 0.417 e. The van der Waals surface area contributed by atoms with E-state index in [1.54, 1.807) is 0 Å². The van der Waals surface area contributed by atoms with Crippen molar-refractivity contribution in [3.05, 3.63) is 28.2 Å². The first-order valence-electron chi connectivity index (χ1n) is 7.39. The summed E-state index contributed by atoms with van der Waals surface area (Å²) in [6.45, 7) is 4.53. The van der Waals surface area contributed by atoms with Crippen molar-refractivity contribution in [1.82, 2.24) is 15.2 Å². The zero-order valence-electron chi connectivity index (χ0n) is 12.7. The Hall–Kier alpha value is -2.03. The number of H-pyrrole nitrogens is 1. The van der Waals surface area contributed by atoms with E-state index in [0.29, 0.717) is 18.8 Å². The molecule has 6 nitrogen and oxygen atoms in total. The van der Waals surface area contributed by atoms with E-state index >= 15 is 0 Å². The molecule has 3 N–H and O–H groups in total. The normalized spacial score (nSPS) is 19.4. The molecule has 1 aromatic rings. The molecule has 0 radical (unpaired) electrons. The summed E-state index contributed by atoms with van der Waals surface area (Å²) in [7, 11) is 0. The third kappa shape index (κ3) is 4.72. The van der Waals surface area contributed by atoms with Gasteiger partial charge in [-0.3, -0.25) is 4.79 Å². The Morgan fingerprint density at radius 3 is 2.87 bits per heavy atom. The minimum atomic E-state index is -4.60. The van der Waals surface area contributed by atoms with Crippen molar-refractivity contribution in [3.8, 4) is 0 Å². The standard InChI is InChI=1S/C14H19F3N4O2/c1-2-21-5-3-4-10(8-21)19-13(23)20-11-6-9(14(15,16)17)7-18-12(11)22/h6-7,10H,2-5,8H2,1H3,(H,18,22)(H2,19,20,23)/t10-/m0/s1. The van der Waals surface area contributed by atoms with Crippen molar-refractivity contribution in [1.29, 1.82) is 0 Å². The average molecular weight is 332 g/mol. The first-order valence-corrected chi connectivity index (χ1v) is 7.39. The predicted octanol–water partition coefficient (Wildman–Crippen LogP) is 2.00. The van der Waals surface area contributed by atoms with Gasteiger partial charge in [0.2, 0.25) is 0 Å². The molecule has 2 amide bonds. The van der Waals surface area contributed by atoms with Crippen LogP contribution in [0.3, 0.4) is 0 Å². The average Bonchev–Trinajstić information content (AvgIpc) is 2.48. The molecular weight excluding hydrogens is 313 g/mol. The molecule has 0 saturated carbocycles. The van der Waals surface area contributed by atoms with Crippen LogP contribution in [0.15, 0.2) is 17.1 Å². The van der Waals surface area contributed by atoms with Crippen molar-refractivity contribution in [2.45, 2.75) is 32.0 Å². The minimum Gasteiger partial charge on any atom is -0.334 e. The summed E-state index contributed by atoms with van der Waals surface area (Å²) in [4.78, 5) is 27.6. The van der Waals surface area contributed by atoms with Crippen LogP contribution >= 0.6 is 0 Å². The topological polar surface area (TPSA) is 77.2 Å². The van der Waals surface area contributed by atoms with Crippen LogP contribution in [0, 0.1) is 0 Å². The summed E-state index contributed by atoms with van der Waals surface area (Å²) in [5.41, 5.74) is -2.24. The first kappa shape index (κ1) is 17.3. The van der Waals surface area contributed by atoms with Gasteiger partial charge in [-0.25, -0.2) is 4.79 Å². The number of anilines is 1. The van der Waals surface area contributed by atoms with Gasteiger partial charge in [-0.15, -0.1) is 0 Å². The molecule has 1 aromatic heterocycles. The molecular formula is C14H19F3N4O2. The van der Waals surface area contributed by atoms with E-state index < -0.39 is 29.0 Å². The van der Waals surface area contributed by atoms with E-state index in [2.05, 4.69) is 15.5 Å². The maximum absolute atomic E-state index is 12.6. The molecule has 2 heterocycles. The van der Waals surface area contributed by atoms with E-state index in [-0.39, 0.29) is 6.04 Å². The van der Waals surface area contributed by atoms with E-state index in [1.807, 2.05) is 11.9 Å². The molecule has 0 aromatic carbocycles. The highest BCUT2D eigenvalue weighted by Gasteiger charge is 2.31. The zero-order chi connectivity index (χ0) is 17.0. The summed E-state index contributed by atoms with van der Waals surface area (Å²) >= 11 is 0. The number of carbonyl (C=O) groups excluding carboxylic acids is 1. The fourth-order valence-corrected chi connectivity index (χ4v) is 2.54. The van der Waals surface area contributed by atoms with E-state index in [9.17, 15) is 22.8 Å². The highest BCUT2D eigenvalue weighted by Crippen LogP contribution is 2.29. The van der Waals surface area contributed by atoms with Gasteiger partial charge in [-0.2, -0.15) is 13.2 Å². The number of hydrogen-bond acceptors (Lipinski definition) is 3. The van der Waals surface area contributed by atoms with Crippen LogP contribution in [0.2, 0.25) is 0 Å². The lowest BCUT2D eigenvalue weighted by atomic mass is 10.1. The molecule has 1 fully saturated rings. The van der Waals surface area contributed by atoms with E-state index in [4.69, 9.17) is 0 Å². The van der Waals surface area contributed by atoms with Crippen LogP contribution in [-0.2, 0) is 6.18 Å². The number of likely N-dealkylation sites (N-methyl/N-ethyl adjacent to an activating group) is 1. The number of aromatic amines is 1.